The van der Waals surface area contributed by atoms with Gasteiger partial charge in [0.05, 0.1) is 25.7 Å². The Labute approximate surface area is 166 Å². The van der Waals surface area contributed by atoms with Crippen LogP contribution in [0.5, 0.6) is 0 Å². The molecule has 1 aliphatic carbocycles. The summed E-state index contributed by atoms with van der Waals surface area (Å²) in [4.78, 5) is 3.24. The third-order valence-electron chi connectivity index (χ3n) is 4.85. The minimum Gasteiger partial charge on any atom is -0.361 e. The molecule has 0 amide bonds. The topological polar surface area (TPSA) is 103 Å². The molecule has 1 aliphatic rings. The fourth-order valence-electron chi connectivity index (χ4n) is 3.83. The molecule has 1 aromatic carbocycles. The first-order valence-electron chi connectivity index (χ1n) is 9.08. The SMILES string of the molecule is CC/C=C/c1cc2cc[nH]c2c2c1[C@H](COS(C)(=O)=O)C[C@@H]2COS(C)(=O)=O. The molecule has 0 fully saturated rings. The zero-order valence-electron chi connectivity index (χ0n) is 16.1. The maximum atomic E-state index is 11.5. The molecule has 9 heteroatoms. The van der Waals surface area contributed by atoms with Crippen LogP contribution in [0.1, 0.15) is 48.3 Å². The summed E-state index contributed by atoms with van der Waals surface area (Å²) >= 11 is 0. The number of fused-ring (bicyclic) bond motifs is 3. The van der Waals surface area contributed by atoms with Crippen LogP contribution >= 0.6 is 0 Å². The molecule has 1 aromatic heterocycles. The minimum absolute atomic E-state index is 0.0102. The number of H-pyrrole nitrogens is 1. The number of rotatable bonds is 8. The average molecular weight is 428 g/mol. The minimum atomic E-state index is -3.58. The van der Waals surface area contributed by atoms with Crippen LogP contribution < -0.4 is 0 Å². The summed E-state index contributed by atoms with van der Waals surface area (Å²) in [5.74, 6) is -0.365. The summed E-state index contributed by atoms with van der Waals surface area (Å²) in [6.07, 6.45) is 9.38. The maximum Gasteiger partial charge on any atom is 0.264 e. The average Bonchev–Trinajstić information content (AvgIpc) is 3.18. The Morgan fingerprint density at radius 2 is 1.68 bits per heavy atom. The van der Waals surface area contributed by atoms with Crippen molar-refractivity contribution < 1.29 is 25.2 Å². The molecule has 7 nitrogen and oxygen atoms in total. The Morgan fingerprint density at radius 3 is 2.25 bits per heavy atom. The number of aromatic amines is 1. The molecule has 28 heavy (non-hydrogen) atoms. The van der Waals surface area contributed by atoms with Crippen LogP contribution in [0.15, 0.2) is 24.4 Å². The number of hydrogen-bond donors (Lipinski definition) is 1. The van der Waals surface area contributed by atoms with Gasteiger partial charge in [-0.3, -0.25) is 8.37 Å². The number of benzene rings is 1. The molecule has 154 valence electrons. The van der Waals surface area contributed by atoms with Crippen molar-refractivity contribution in [3.05, 3.63) is 41.1 Å². The van der Waals surface area contributed by atoms with Crippen molar-refractivity contribution in [3.63, 3.8) is 0 Å². The molecular weight excluding hydrogens is 402 g/mol. The van der Waals surface area contributed by atoms with Gasteiger partial charge in [-0.05, 0) is 41.7 Å². The summed E-state index contributed by atoms with van der Waals surface area (Å²) in [7, 11) is -7.16. The first-order chi connectivity index (χ1) is 13.1. The van der Waals surface area contributed by atoms with Crippen LogP contribution in [-0.4, -0.2) is 47.5 Å². The smallest absolute Gasteiger partial charge is 0.264 e. The lowest BCUT2D eigenvalue weighted by atomic mass is 9.93. The summed E-state index contributed by atoms with van der Waals surface area (Å²) in [6, 6.07) is 4.03. The first-order valence-corrected chi connectivity index (χ1v) is 12.7. The number of aromatic nitrogens is 1. The van der Waals surface area contributed by atoms with Crippen molar-refractivity contribution in [3.8, 4) is 0 Å². The summed E-state index contributed by atoms with van der Waals surface area (Å²) in [5, 5.41) is 1.02. The van der Waals surface area contributed by atoms with E-state index in [1.165, 1.54) is 0 Å². The van der Waals surface area contributed by atoms with E-state index in [0.717, 1.165) is 46.5 Å². The van der Waals surface area contributed by atoms with Gasteiger partial charge < -0.3 is 4.98 Å². The second kappa shape index (κ2) is 7.98. The molecule has 0 saturated heterocycles. The van der Waals surface area contributed by atoms with E-state index in [2.05, 4.69) is 11.1 Å². The van der Waals surface area contributed by atoms with E-state index in [4.69, 9.17) is 8.37 Å². The van der Waals surface area contributed by atoms with E-state index in [1.54, 1.807) is 0 Å². The van der Waals surface area contributed by atoms with Gasteiger partial charge in [0.2, 0.25) is 0 Å². The molecule has 2 aromatic rings. The van der Waals surface area contributed by atoms with Gasteiger partial charge in [0, 0.05) is 28.9 Å². The van der Waals surface area contributed by atoms with E-state index >= 15 is 0 Å². The molecule has 0 spiro atoms. The quantitative estimate of drug-likeness (QED) is 0.650. The number of hydrogen-bond acceptors (Lipinski definition) is 6. The van der Waals surface area contributed by atoms with Gasteiger partial charge in [0.25, 0.3) is 20.2 Å². The predicted molar refractivity (Wildman–Crippen MR) is 109 cm³/mol. The molecule has 1 N–H and O–H groups in total. The molecule has 2 atom stereocenters. The van der Waals surface area contributed by atoms with Gasteiger partial charge in [-0.2, -0.15) is 16.8 Å². The van der Waals surface area contributed by atoms with Crippen molar-refractivity contribution in [2.24, 2.45) is 0 Å². The Morgan fingerprint density at radius 1 is 1.07 bits per heavy atom. The highest BCUT2D eigenvalue weighted by molar-refractivity contribution is 7.86. The molecule has 0 saturated carbocycles. The summed E-state index contributed by atoms with van der Waals surface area (Å²) in [5.41, 5.74) is 3.88. The van der Waals surface area contributed by atoms with Gasteiger partial charge in [-0.25, -0.2) is 0 Å². The van der Waals surface area contributed by atoms with Gasteiger partial charge >= 0.3 is 0 Å². The highest BCUT2D eigenvalue weighted by Gasteiger charge is 2.36. The largest absolute Gasteiger partial charge is 0.361 e. The van der Waals surface area contributed by atoms with Gasteiger partial charge in [-0.1, -0.05) is 19.1 Å². The lowest BCUT2D eigenvalue weighted by Crippen LogP contribution is -2.12. The van der Waals surface area contributed by atoms with Crippen molar-refractivity contribution >= 4 is 37.2 Å². The summed E-state index contributed by atoms with van der Waals surface area (Å²) in [6.45, 7) is 2.06. The Bertz CT molecular complexity index is 1100. The van der Waals surface area contributed by atoms with E-state index in [1.807, 2.05) is 31.3 Å². The third kappa shape index (κ3) is 4.83. The zero-order chi connectivity index (χ0) is 20.5. The molecule has 1 heterocycles. The third-order valence-corrected chi connectivity index (χ3v) is 5.97. The van der Waals surface area contributed by atoms with Crippen molar-refractivity contribution in [2.45, 2.75) is 31.6 Å². The molecule has 3 rings (SSSR count). The van der Waals surface area contributed by atoms with Crippen LogP contribution in [0.3, 0.4) is 0 Å². The summed E-state index contributed by atoms with van der Waals surface area (Å²) < 4.78 is 56.3. The van der Waals surface area contributed by atoms with Crippen LogP contribution in [-0.2, 0) is 28.6 Å². The Kier molecular flexibility index (Phi) is 6.00. The molecule has 0 aliphatic heterocycles. The molecule has 0 unspecified atom stereocenters. The standard InChI is InChI=1S/C19H25NO6S2/c1-4-5-6-13-9-14-7-8-20-19(14)18-16(12-26-28(3,23)24)10-15(17(13)18)11-25-27(2,21)22/h5-9,15-16,20H,4,10-12H2,1-3H3/b6-5+/t15-,16+/m0/s1. The van der Waals surface area contributed by atoms with Crippen LogP contribution in [0.2, 0.25) is 0 Å². The Hall–Kier alpha value is -1.68. The number of nitrogens with one attached hydrogen (secondary N) is 1. The van der Waals surface area contributed by atoms with Crippen molar-refractivity contribution in [1.82, 2.24) is 4.98 Å². The number of allylic oxidation sites excluding steroid dienone is 1. The van der Waals surface area contributed by atoms with Gasteiger partial charge in [0.15, 0.2) is 0 Å². The van der Waals surface area contributed by atoms with E-state index in [9.17, 15) is 16.8 Å². The zero-order valence-corrected chi connectivity index (χ0v) is 17.8. The monoisotopic (exact) mass is 427 g/mol. The van der Waals surface area contributed by atoms with Gasteiger partial charge in [0.1, 0.15) is 0 Å². The van der Waals surface area contributed by atoms with Gasteiger partial charge in [-0.15, -0.1) is 0 Å². The van der Waals surface area contributed by atoms with Crippen LogP contribution in [0, 0.1) is 0 Å². The van der Waals surface area contributed by atoms with Crippen LogP contribution in [0.25, 0.3) is 17.0 Å². The van der Waals surface area contributed by atoms with E-state index < -0.39 is 20.2 Å². The van der Waals surface area contributed by atoms with Crippen molar-refractivity contribution in [2.75, 3.05) is 25.7 Å². The lowest BCUT2D eigenvalue weighted by molar-refractivity contribution is 0.264. The second-order valence-corrected chi connectivity index (χ2v) is 10.4. The second-order valence-electron chi connectivity index (χ2n) is 7.15. The predicted octanol–water partition coefficient (Wildman–Crippen LogP) is 3.11. The normalized spacial score (nSPS) is 20.2. The first kappa shape index (κ1) is 21.0. The van der Waals surface area contributed by atoms with E-state index in [-0.39, 0.29) is 25.0 Å². The highest BCUT2D eigenvalue weighted by atomic mass is 32.2. The molecule has 0 bridgehead atoms. The fourth-order valence-corrected chi connectivity index (χ4v) is 4.65. The van der Waals surface area contributed by atoms with E-state index in [0.29, 0.717) is 6.42 Å². The lowest BCUT2D eigenvalue weighted by Gasteiger charge is -2.15. The fraction of sp³-hybridized carbons (Fsp3) is 0.474. The van der Waals surface area contributed by atoms with Crippen LogP contribution in [0.4, 0.5) is 0 Å². The van der Waals surface area contributed by atoms with Crippen molar-refractivity contribution in [1.29, 1.82) is 0 Å². The Balaban J connectivity index is 2.10. The molecule has 0 radical (unpaired) electrons. The maximum absolute atomic E-state index is 11.5. The molecular formula is C19H25NO6S2. The highest BCUT2D eigenvalue weighted by Crippen LogP contribution is 2.47.